The number of nitrogens with one attached hydrogen (secondary N) is 2. The van der Waals surface area contributed by atoms with E-state index in [1.54, 1.807) is 13.3 Å². The Bertz CT molecular complexity index is 558. The molecular weight excluding hydrogens is 230 g/mol. The maximum absolute atomic E-state index is 4.93. The summed E-state index contributed by atoms with van der Waals surface area (Å²) < 4.78 is 0. The highest BCUT2D eigenvalue weighted by molar-refractivity contribution is 7.80. The van der Waals surface area contributed by atoms with E-state index in [9.17, 15) is 0 Å². The highest BCUT2D eigenvalue weighted by atomic mass is 32.1. The van der Waals surface area contributed by atoms with Crippen LogP contribution in [0.1, 0.15) is 5.56 Å². The second kappa shape index (κ2) is 5.41. The van der Waals surface area contributed by atoms with Crippen molar-refractivity contribution in [2.45, 2.75) is 0 Å². The highest BCUT2D eigenvalue weighted by Gasteiger charge is 1.96. The first-order chi connectivity index (χ1) is 8.31. The molecule has 2 aromatic carbocycles. The summed E-state index contributed by atoms with van der Waals surface area (Å²) in [6.45, 7) is 0. The third kappa shape index (κ3) is 2.79. The van der Waals surface area contributed by atoms with E-state index < -0.39 is 0 Å². The fraction of sp³-hybridized carbons (Fsp3) is 0.0769. The molecule has 0 bridgehead atoms. The molecular formula is C13H13N3S. The van der Waals surface area contributed by atoms with Crippen molar-refractivity contribution in [3.05, 3.63) is 48.0 Å². The zero-order chi connectivity index (χ0) is 12.1. The zero-order valence-electron chi connectivity index (χ0n) is 9.47. The van der Waals surface area contributed by atoms with Gasteiger partial charge < -0.3 is 5.32 Å². The minimum absolute atomic E-state index is 0.501. The Morgan fingerprint density at radius 1 is 1.18 bits per heavy atom. The fourth-order valence-electron chi connectivity index (χ4n) is 1.58. The summed E-state index contributed by atoms with van der Waals surface area (Å²) in [4.78, 5) is 0. The molecule has 0 aromatic heterocycles. The van der Waals surface area contributed by atoms with Crippen molar-refractivity contribution in [3.63, 3.8) is 0 Å². The number of thiocarbonyl (C=S) groups is 1. The van der Waals surface area contributed by atoms with Crippen LogP contribution in [0, 0.1) is 0 Å². The first-order valence-corrected chi connectivity index (χ1v) is 5.70. The highest BCUT2D eigenvalue weighted by Crippen LogP contribution is 2.16. The number of nitrogens with zero attached hydrogens (tertiary/aromatic N) is 1. The summed E-state index contributed by atoms with van der Waals surface area (Å²) in [7, 11) is 1.75. The van der Waals surface area contributed by atoms with Gasteiger partial charge in [0, 0.05) is 12.6 Å². The fourth-order valence-corrected chi connectivity index (χ4v) is 1.63. The molecule has 0 amide bonds. The molecule has 2 aromatic rings. The smallest absolute Gasteiger partial charge is 0.186 e. The van der Waals surface area contributed by atoms with Crippen LogP contribution in [0.5, 0.6) is 0 Å². The topological polar surface area (TPSA) is 36.4 Å². The van der Waals surface area contributed by atoms with Crippen LogP contribution in [0.3, 0.4) is 0 Å². The van der Waals surface area contributed by atoms with Gasteiger partial charge in [0.15, 0.2) is 5.11 Å². The number of benzene rings is 2. The third-order valence-corrected chi connectivity index (χ3v) is 2.72. The lowest BCUT2D eigenvalue weighted by Crippen LogP contribution is -2.28. The van der Waals surface area contributed by atoms with Gasteiger partial charge in [-0.3, -0.25) is 5.43 Å². The van der Waals surface area contributed by atoms with E-state index in [4.69, 9.17) is 12.2 Å². The monoisotopic (exact) mass is 243 g/mol. The summed E-state index contributed by atoms with van der Waals surface area (Å²) in [5, 5.41) is 9.76. The Morgan fingerprint density at radius 2 is 1.94 bits per heavy atom. The first kappa shape index (κ1) is 11.5. The molecule has 0 radical (unpaired) electrons. The average molecular weight is 243 g/mol. The molecule has 0 saturated heterocycles. The molecule has 86 valence electrons. The number of hydrazone groups is 1. The van der Waals surface area contributed by atoms with Crippen LogP contribution in [0.15, 0.2) is 47.6 Å². The van der Waals surface area contributed by atoms with Crippen molar-refractivity contribution in [1.82, 2.24) is 10.7 Å². The third-order valence-electron chi connectivity index (χ3n) is 2.42. The van der Waals surface area contributed by atoms with Crippen LogP contribution in [0.2, 0.25) is 0 Å². The molecule has 2 rings (SSSR count). The predicted molar refractivity (Wildman–Crippen MR) is 76.3 cm³/mol. The molecule has 0 aliphatic rings. The number of fused-ring (bicyclic) bond motifs is 1. The molecule has 0 fully saturated rings. The largest absolute Gasteiger partial charge is 0.364 e. The summed E-state index contributed by atoms with van der Waals surface area (Å²) in [5.41, 5.74) is 3.80. The molecule has 0 unspecified atom stereocenters. The zero-order valence-corrected chi connectivity index (χ0v) is 10.3. The van der Waals surface area contributed by atoms with Crippen LogP contribution in [-0.4, -0.2) is 18.4 Å². The second-order valence-electron chi connectivity index (χ2n) is 3.52. The van der Waals surface area contributed by atoms with Gasteiger partial charge in [0.1, 0.15) is 0 Å². The standard InChI is InChI=1S/C13H13N3S/c1-14-13(17)16-15-9-11-7-4-6-10-5-2-3-8-12(10)11/h2-9H,1H3,(H2,14,16,17)/b15-9+. The molecule has 0 saturated carbocycles. The van der Waals surface area contributed by atoms with Gasteiger partial charge in [-0.25, -0.2) is 0 Å². The molecule has 0 aliphatic heterocycles. The van der Waals surface area contributed by atoms with Gasteiger partial charge in [0.2, 0.25) is 0 Å². The van der Waals surface area contributed by atoms with Crippen LogP contribution >= 0.6 is 12.2 Å². The Labute approximate surface area is 106 Å². The lowest BCUT2D eigenvalue weighted by Gasteiger charge is -2.02. The Kier molecular flexibility index (Phi) is 3.67. The molecule has 0 heterocycles. The van der Waals surface area contributed by atoms with Crippen molar-refractivity contribution in [2.75, 3.05) is 7.05 Å². The van der Waals surface area contributed by atoms with Crippen molar-refractivity contribution in [2.24, 2.45) is 5.10 Å². The van der Waals surface area contributed by atoms with Crippen LogP contribution < -0.4 is 10.7 Å². The quantitative estimate of drug-likeness (QED) is 0.482. The SMILES string of the molecule is CNC(=S)N/N=C/c1cccc2ccccc12. The molecule has 0 atom stereocenters. The van der Waals surface area contributed by atoms with Gasteiger partial charge >= 0.3 is 0 Å². The molecule has 4 heteroatoms. The van der Waals surface area contributed by atoms with E-state index in [2.05, 4.69) is 34.0 Å². The molecule has 2 N–H and O–H groups in total. The lowest BCUT2D eigenvalue weighted by molar-refractivity contribution is 0.982. The van der Waals surface area contributed by atoms with Crippen molar-refractivity contribution >= 4 is 34.3 Å². The molecule has 3 nitrogen and oxygen atoms in total. The van der Waals surface area contributed by atoms with Crippen molar-refractivity contribution < 1.29 is 0 Å². The van der Waals surface area contributed by atoms with Crippen molar-refractivity contribution in [1.29, 1.82) is 0 Å². The first-order valence-electron chi connectivity index (χ1n) is 5.30. The Hall–Kier alpha value is -1.94. The van der Waals surface area contributed by atoms with Crippen LogP contribution in [-0.2, 0) is 0 Å². The molecule has 17 heavy (non-hydrogen) atoms. The van der Waals surface area contributed by atoms with Gasteiger partial charge in [-0.1, -0.05) is 42.5 Å². The van der Waals surface area contributed by atoms with Crippen LogP contribution in [0.4, 0.5) is 0 Å². The lowest BCUT2D eigenvalue weighted by atomic mass is 10.1. The van der Waals surface area contributed by atoms with E-state index in [0.29, 0.717) is 5.11 Å². The van der Waals surface area contributed by atoms with E-state index in [1.165, 1.54) is 10.8 Å². The van der Waals surface area contributed by atoms with Crippen molar-refractivity contribution in [3.8, 4) is 0 Å². The summed E-state index contributed by atoms with van der Waals surface area (Å²) in [5.74, 6) is 0. The maximum Gasteiger partial charge on any atom is 0.186 e. The van der Waals surface area contributed by atoms with E-state index in [1.807, 2.05) is 24.3 Å². The number of hydrogen-bond acceptors (Lipinski definition) is 2. The Morgan fingerprint density at radius 3 is 2.76 bits per heavy atom. The summed E-state index contributed by atoms with van der Waals surface area (Å²) in [6.07, 6.45) is 1.77. The van der Waals surface area contributed by atoms with E-state index in [0.717, 1.165) is 5.56 Å². The van der Waals surface area contributed by atoms with E-state index in [-0.39, 0.29) is 0 Å². The normalized spacial score (nSPS) is 10.6. The minimum atomic E-state index is 0.501. The number of rotatable bonds is 2. The predicted octanol–water partition coefficient (Wildman–Crippen LogP) is 2.27. The van der Waals surface area contributed by atoms with Crippen LogP contribution in [0.25, 0.3) is 10.8 Å². The molecule has 0 spiro atoms. The van der Waals surface area contributed by atoms with Gasteiger partial charge in [-0.05, 0) is 23.0 Å². The van der Waals surface area contributed by atoms with Gasteiger partial charge in [0.05, 0.1) is 6.21 Å². The minimum Gasteiger partial charge on any atom is -0.364 e. The van der Waals surface area contributed by atoms with Gasteiger partial charge in [-0.2, -0.15) is 5.10 Å². The summed E-state index contributed by atoms with van der Waals surface area (Å²) in [6, 6.07) is 14.3. The number of hydrogen-bond donors (Lipinski definition) is 2. The maximum atomic E-state index is 4.93. The molecule has 0 aliphatic carbocycles. The van der Waals surface area contributed by atoms with E-state index >= 15 is 0 Å². The Balaban J connectivity index is 2.27. The average Bonchev–Trinajstić information content (AvgIpc) is 2.39. The van der Waals surface area contributed by atoms with Gasteiger partial charge in [0.25, 0.3) is 0 Å². The van der Waals surface area contributed by atoms with Gasteiger partial charge in [-0.15, -0.1) is 0 Å². The second-order valence-corrected chi connectivity index (χ2v) is 3.93. The summed E-state index contributed by atoms with van der Waals surface area (Å²) >= 11 is 4.93.